The van der Waals surface area contributed by atoms with Crippen molar-refractivity contribution in [1.29, 1.82) is 5.26 Å². The Morgan fingerprint density at radius 2 is 1.46 bits per heavy atom. The normalized spacial score (nSPS) is 13.5. The minimum absolute atomic E-state index is 0.120. The van der Waals surface area contributed by atoms with Crippen LogP contribution in [-0.4, -0.2) is 64.4 Å². The van der Waals surface area contributed by atoms with Gasteiger partial charge >= 0.3 is 0 Å². The molecule has 2 amide bonds. The zero-order chi connectivity index (χ0) is 33.3. The minimum atomic E-state index is -0.827. The molecule has 1 aliphatic heterocycles. The molecule has 0 fully saturated rings. The van der Waals surface area contributed by atoms with Gasteiger partial charge in [0.2, 0.25) is 11.9 Å². The summed E-state index contributed by atoms with van der Waals surface area (Å²) >= 11 is 0. The molecule has 2 atom stereocenters. The van der Waals surface area contributed by atoms with Crippen LogP contribution in [0.25, 0.3) is 23.0 Å². The number of rotatable bonds is 8. The van der Waals surface area contributed by atoms with Crippen molar-refractivity contribution < 1.29 is 19.1 Å². The fourth-order valence-corrected chi connectivity index (χ4v) is 4.51. The summed E-state index contributed by atoms with van der Waals surface area (Å²) in [4.78, 5) is 41.2. The average molecular weight is 642 g/mol. The number of nitrogens with zero attached hydrogens (tertiary/aromatic N) is 7. The van der Waals surface area contributed by atoms with Gasteiger partial charge in [0.15, 0.2) is 23.9 Å². The van der Waals surface area contributed by atoms with Crippen molar-refractivity contribution in [3.63, 3.8) is 0 Å². The van der Waals surface area contributed by atoms with E-state index >= 15 is 0 Å². The SMILES string of the molecule is CC(Oc1ccccc1C#N)C(=O)Nc1n[nH]c(-c2ccccn2)n1.O=C(Nc1n[nH]c(-c2ccccn2)n1)C1Cc2ccccc2O1. The Morgan fingerprint density at radius 1 is 0.854 bits per heavy atom. The lowest BCUT2D eigenvalue weighted by molar-refractivity contribution is -0.122. The lowest BCUT2D eigenvalue weighted by Crippen LogP contribution is -2.31. The molecule has 7 rings (SSSR count). The Morgan fingerprint density at radius 3 is 2.08 bits per heavy atom. The van der Waals surface area contributed by atoms with Gasteiger partial charge < -0.3 is 9.47 Å². The first kappa shape index (κ1) is 31.0. The van der Waals surface area contributed by atoms with Gasteiger partial charge in [-0.25, -0.2) is 0 Å². The second kappa shape index (κ2) is 14.4. The molecule has 48 heavy (non-hydrogen) atoms. The highest BCUT2D eigenvalue weighted by Gasteiger charge is 2.29. The van der Waals surface area contributed by atoms with Crippen LogP contribution >= 0.6 is 0 Å². The molecule has 238 valence electrons. The van der Waals surface area contributed by atoms with Gasteiger partial charge in [-0.3, -0.25) is 40.4 Å². The number of carbonyl (C=O) groups is 2. The van der Waals surface area contributed by atoms with Crippen LogP contribution in [0, 0.1) is 11.3 Å². The molecule has 0 spiro atoms. The maximum absolute atomic E-state index is 12.3. The Balaban J connectivity index is 0.000000168. The van der Waals surface area contributed by atoms with Gasteiger partial charge in [0.1, 0.15) is 29.0 Å². The van der Waals surface area contributed by atoms with Gasteiger partial charge in [0.25, 0.3) is 11.8 Å². The summed E-state index contributed by atoms with van der Waals surface area (Å²) in [6, 6.07) is 27.2. The largest absolute Gasteiger partial charge is 0.480 e. The third kappa shape index (κ3) is 7.46. The van der Waals surface area contributed by atoms with Gasteiger partial charge in [-0.05, 0) is 55.0 Å². The predicted molar refractivity (Wildman–Crippen MR) is 172 cm³/mol. The minimum Gasteiger partial charge on any atom is -0.480 e. The second-order valence-electron chi connectivity index (χ2n) is 10.2. The summed E-state index contributed by atoms with van der Waals surface area (Å²) in [6.07, 6.45) is 2.45. The molecule has 15 heteroatoms. The first-order valence-corrected chi connectivity index (χ1v) is 14.7. The maximum Gasteiger partial charge on any atom is 0.268 e. The lowest BCUT2D eigenvalue weighted by Gasteiger charge is -2.14. The molecule has 2 unspecified atom stereocenters. The number of aromatic amines is 2. The van der Waals surface area contributed by atoms with E-state index in [1.165, 1.54) is 0 Å². The summed E-state index contributed by atoms with van der Waals surface area (Å²) in [6.45, 7) is 1.58. The monoisotopic (exact) mass is 641 g/mol. The van der Waals surface area contributed by atoms with Crippen molar-refractivity contribution >= 4 is 23.7 Å². The van der Waals surface area contributed by atoms with Gasteiger partial charge in [0.05, 0.1) is 5.56 Å². The number of benzene rings is 2. The number of para-hydroxylation sites is 2. The smallest absolute Gasteiger partial charge is 0.268 e. The third-order valence-corrected chi connectivity index (χ3v) is 6.88. The number of H-pyrrole nitrogens is 2. The van der Waals surface area contributed by atoms with Crippen LogP contribution in [-0.2, 0) is 16.0 Å². The summed E-state index contributed by atoms with van der Waals surface area (Å²) in [5.74, 6) is 1.65. The Hall–Kier alpha value is -6.95. The quantitative estimate of drug-likeness (QED) is 0.187. The van der Waals surface area contributed by atoms with Crippen LogP contribution in [0.4, 0.5) is 11.9 Å². The van der Waals surface area contributed by atoms with E-state index in [4.69, 9.17) is 14.7 Å². The molecule has 6 aromatic rings. The molecule has 0 aliphatic carbocycles. The lowest BCUT2D eigenvalue weighted by atomic mass is 10.1. The zero-order valence-electron chi connectivity index (χ0n) is 25.4. The van der Waals surface area contributed by atoms with E-state index in [9.17, 15) is 9.59 Å². The number of hydrogen-bond acceptors (Lipinski definition) is 11. The number of nitrogens with one attached hydrogen (secondary N) is 4. The van der Waals surface area contributed by atoms with Crippen LogP contribution in [0.5, 0.6) is 11.5 Å². The van der Waals surface area contributed by atoms with E-state index in [1.54, 1.807) is 55.7 Å². The van der Waals surface area contributed by atoms with Gasteiger partial charge in [-0.1, -0.05) is 42.5 Å². The van der Waals surface area contributed by atoms with Crippen molar-refractivity contribution in [3.05, 3.63) is 108 Å². The molecule has 2 aromatic carbocycles. The molecule has 0 radical (unpaired) electrons. The van der Waals surface area contributed by atoms with Gasteiger partial charge in [-0.2, -0.15) is 15.2 Å². The van der Waals surface area contributed by atoms with Crippen molar-refractivity contribution in [2.75, 3.05) is 10.6 Å². The summed E-state index contributed by atoms with van der Waals surface area (Å²) < 4.78 is 11.2. The molecule has 0 saturated carbocycles. The van der Waals surface area contributed by atoms with Gasteiger partial charge in [-0.15, -0.1) is 10.2 Å². The van der Waals surface area contributed by atoms with E-state index in [2.05, 4.69) is 51.0 Å². The van der Waals surface area contributed by atoms with E-state index in [-0.39, 0.29) is 17.8 Å². The molecule has 0 bridgehead atoms. The number of ether oxygens (including phenoxy) is 2. The third-order valence-electron chi connectivity index (χ3n) is 6.88. The first-order valence-electron chi connectivity index (χ1n) is 14.7. The molecule has 5 heterocycles. The number of carbonyl (C=O) groups excluding carboxylic acids is 2. The number of anilines is 2. The number of nitriles is 1. The first-order chi connectivity index (χ1) is 23.5. The van der Waals surface area contributed by atoms with Crippen LogP contribution in [0.15, 0.2) is 97.3 Å². The number of aromatic nitrogens is 8. The number of amides is 2. The van der Waals surface area contributed by atoms with Crippen LogP contribution < -0.4 is 20.1 Å². The van der Waals surface area contributed by atoms with Gasteiger partial charge in [0, 0.05) is 18.8 Å². The Labute approximate surface area is 273 Å². The average Bonchev–Trinajstić information content (AvgIpc) is 3.90. The standard InChI is InChI=1S/C17H14N6O2.C16H13N5O2/c1-11(25-14-8-3-2-6-12(14)10-18)16(24)21-17-20-15(22-23-17)13-7-4-5-9-19-13;22-15(13-9-10-5-1-2-7-12(10)23-13)19-16-18-14(20-21-16)11-6-3-4-8-17-11/h2-9,11H,1H3,(H2,20,21,22,23,24);1-8,13H,9H2,(H2,18,19,20,21,22). The van der Waals surface area contributed by atoms with Crippen molar-refractivity contribution in [2.45, 2.75) is 25.6 Å². The summed E-state index contributed by atoms with van der Waals surface area (Å²) in [5.41, 5.74) is 2.65. The van der Waals surface area contributed by atoms with Crippen molar-refractivity contribution in [1.82, 2.24) is 40.3 Å². The Kier molecular flexibility index (Phi) is 9.34. The summed E-state index contributed by atoms with van der Waals surface area (Å²) in [7, 11) is 0. The highest BCUT2D eigenvalue weighted by molar-refractivity contribution is 5.94. The Bertz CT molecular complexity index is 2030. The van der Waals surface area contributed by atoms with Crippen LogP contribution in [0.3, 0.4) is 0 Å². The zero-order valence-corrected chi connectivity index (χ0v) is 25.4. The van der Waals surface area contributed by atoms with E-state index in [0.717, 1.165) is 11.3 Å². The molecular weight excluding hydrogens is 614 g/mol. The highest BCUT2D eigenvalue weighted by atomic mass is 16.5. The summed E-state index contributed by atoms with van der Waals surface area (Å²) in [5, 5.41) is 27.7. The molecule has 15 nitrogen and oxygen atoms in total. The van der Waals surface area contributed by atoms with Crippen molar-refractivity contribution in [2.24, 2.45) is 0 Å². The highest BCUT2D eigenvalue weighted by Crippen LogP contribution is 2.28. The number of fused-ring (bicyclic) bond motifs is 1. The number of hydrogen-bond donors (Lipinski definition) is 4. The molecule has 1 aliphatic rings. The topological polar surface area (TPSA) is 209 Å². The second-order valence-corrected chi connectivity index (χ2v) is 10.2. The van der Waals surface area contributed by atoms with Crippen LogP contribution in [0.1, 0.15) is 18.1 Å². The fourth-order valence-electron chi connectivity index (χ4n) is 4.51. The maximum atomic E-state index is 12.3. The molecular formula is C33H27N11O4. The molecule has 0 saturated heterocycles. The molecule has 4 N–H and O–H groups in total. The van der Waals surface area contributed by atoms with Crippen molar-refractivity contribution in [3.8, 4) is 40.6 Å². The fraction of sp³-hybridized carbons (Fsp3) is 0.121. The van der Waals surface area contributed by atoms with Crippen LogP contribution in [0.2, 0.25) is 0 Å². The van der Waals surface area contributed by atoms with E-state index < -0.39 is 18.1 Å². The molecule has 4 aromatic heterocycles. The van der Waals surface area contributed by atoms with E-state index in [1.807, 2.05) is 54.6 Å². The predicted octanol–water partition coefficient (Wildman–Crippen LogP) is 3.95. The van der Waals surface area contributed by atoms with E-state index in [0.29, 0.717) is 40.8 Å². The number of pyridine rings is 2.